The first-order valence-corrected chi connectivity index (χ1v) is 5.24. The third kappa shape index (κ3) is 5.39. The van der Waals surface area contributed by atoms with Crippen molar-refractivity contribution in [2.24, 2.45) is 5.11 Å². The maximum absolute atomic E-state index is 10.8. The van der Waals surface area contributed by atoms with Gasteiger partial charge in [0.1, 0.15) is 0 Å². The van der Waals surface area contributed by atoms with Crippen LogP contribution in [0.2, 0.25) is 0 Å². The number of carbonyl (C=O) groups is 1. The van der Waals surface area contributed by atoms with Gasteiger partial charge in [-0.3, -0.25) is 4.79 Å². The summed E-state index contributed by atoms with van der Waals surface area (Å²) in [4.78, 5) is 13.5. The molecule has 0 heterocycles. The second-order valence-electron chi connectivity index (χ2n) is 3.48. The number of carbonyl (C=O) groups excluding carboxylic acids is 1. The topological polar surface area (TPSA) is 77.9 Å². The fourth-order valence-electron chi connectivity index (χ4n) is 1.25. The van der Waals surface area contributed by atoms with Gasteiger partial charge in [0, 0.05) is 18.4 Å². The van der Waals surface area contributed by atoms with Crippen LogP contribution in [0.1, 0.15) is 12.5 Å². The molecule has 0 aromatic heterocycles. The minimum Gasteiger partial charge on any atom is -0.356 e. The first-order valence-electron chi connectivity index (χ1n) is 5.24. The van der Waals surface area contributed by atoms with Gasteiger partial charge in [0.05, 0.1) is 6.04 Å². The van der Waals surface area contributed by atoms with E-state index in [1.165, 1.54) is 6.92 Å². The Morgan fingerprint density at radius 3 is 2.82 bits per heavy atom. The van der Waals surface area contributed by atoms with E-state index in [-0.39, 0.29) is 11.9 Å². The molecule has 1 aromatic carbocycles. The van der Waals surface area contributed by atoms with Crippen molar-refractivity contribution in [3.05, 3.63) is 52.4 Å². The van der Waals surface area contributed by atoms with E-state index in [9.17, 15) is 4.79 Å². The van der Waals surface area contributed by atoms with Gasteiger partial charge in [-0.15, -0.1) is 0 Å². The lowest BCUT2D eigenvalue weighted by atomic mass is 10.2. The number of nitrogens with one attached hydrogen (secondary N) is 1. The summed E-state index contributed by atoms with van der Waals surface area (Å²) in [5.74, 6) is -0.142. The highest BCUT2D eigenvalue weighted by molar-refractivity contribution is 5.72. The van der Waals surface area contributed by atoms with Crippen LogP contribution in [0.5, 0.6) is 0 Å². The van der Waals surface area contributed by atoms with Crippen LogP contribution in [0.4, 0.5) is 0 Å². The van der Waals surface area contributed by atoms with Crippen molar-refractivity contribution in [2.75, 3.05) is 6.54 Å². The lowest BCUT2D eigenvalue weighted by Crippen LogP contribution is -2.27. The van der Waals surface area contributed by atoms with E-state index in [0.29, 0.717) is 6.54 Å². The van der Waals surface area contributed by atoms with Crippen molar-refractivity contribution < 1.29 is 4.79 Å². The third-order valence-corrected chi connectivity index (χ3v) is 2.07. The van der Waals surface area contributed by atoms with Gasteiger partial charge in [-0.2, -0.15) is 0 Å². The van der Waals surface area contributed by atoms with Crippen molar-refractivity contribution >= 4 is 12.0 Å². The summed E-state index contributed by atoms with van der Waals surface area (Å²) in [6.07, 6.45) is 3.63. The van der Waals surface area contributed by atoms with Crippen LogP contribution < -0.4 is 5.32 Å². The summed E-state index contributed by atoms with van der Waals surface area (Å²) in [5, 5.41) is 6.20. The van der Waals surface area contributed by atoms with Crippen molar-refractivity contribution in [1.82, 2.24) is 5.32 Å². The second-order valence-corrected chi connectivity index (χ2v) is 3.48. The number of hydrogen-bond donors (Lipinski definition) is 1. The lowest BCUT2D eigenvalue weighted by molar-refractivity contribution is -0.118. The number of rotatable bonds is 5. The van der Waals surface area contributed by atoms with E-state index in [2.05, 4.69) is 15.3 Å². The molecule has 5 nitrogen and oxygen atoms in total. The highest BCUT2D eigenvalue weighted by Crippen LogP contribution is 2.03. The van der Waals surface area contributed by atoms with Crippen molar-refractivity contribution in [3.63, 3.8) is 0 Å². The third-order valence-electron chi connectivity index (χ3n) is 2.07. The molecule has 0 saturated heterocycles. The molecule has 0 fully saturated rings. The zero-order valence-electron chi connectivity index (χ0n) is 9.58. The molecular weight excluding hydrogens is 216 g/mol. The Morgan fingerprint density at radius 2 is 2.24 bits per heavy atom. The molecule has 1 rings (SSSR count). The quantitative estimate of drug-likeness (QED) is 0.471. The van der Waals surface area contributed by atoms with Crippen LogP contribution in [-0.2, 0) is 4.79 Å². The van der Waals surface area contributed by atoms with E-state index in [1.807, 2.05) is 36.4 Å². The molecule has 0 aliphatic rings. The predicted octanol–water partition coefficient (Wildman–Crippen LogP) is 2.51. The molecule has 0 aliphatic heterocycles. The highest BCUT2D eigenvalue weighted by atomic mass is 16.1. The Bertz CT molecular complexity index is 435. The minimum atomic E-state index is -0.371. The summed E-state index contributed by atoms with van der Waals surface area (Å²) in [7, 11) is 0. The van der Waals surface area contributed by atoms with Crippen LogP contribution in [0.3, 0.4) is 0 Å². The van der Waals surface area contributed by atoms with Gasteiger partial charge < -0.3 is 5.32 Å². The fourth-order valence-corrected chi connectivity index (χ4v) is 1.25. The number of amides is 1. The predicted molar refractivity (Wildman–Crippen MR) is 67.1 cm³/mol. The van der Waals surface area contributed by atoms with Gasteiger partial charge in [-0.05, 0) is 11.1 Å². The molecule has 0 aliphatic carbocycles. The van der Waals surface area contributed by atoms with E-state index in [4.69, 9.17) is 5.53 Å². The smallest absolute Gasteiger partial charge is 0.216 e. The Morgan fingerprint density at radius 1 is 1.53 bits per heavy atom. The summed E-state index contributed by atoms with van der Waals surface area (Å²) >= 11 is 0. The molecule has 0 unspecified atom stereocenters. The summed E-state index contributed by atoms with van der Waals surface area (Å²) in [6, 6.07) is 9.31. The molecule has 1 amide bonds. The molecule has 88 valence electrons. The van der Waals surface area contributed by atoms with Gasteiger partial charge in [0.25, 0.3) is 0 Å². The van der Waals surface area contributed by atoms with Crippen LogP contribution in [0.15, 0.2) is 41.5 Å². The molecule has 1 N–H and O–H groups in total. The molecule has 0 radical (unpaired) electrons. The van der Waals surface area contributed by atoms with Crippen LogP contribution >= 0.6 is 0 Å². The van der Waals surface area contributed by atoms with Crippen LogP contribution in [-0.4, -0.2) is 18.5 Å². The van der Waals surface area contributed by atoms with Crippen molar-refractivity contribution in [3.8, 4) is 0 Å². The monoisotopic (exact) mass is 230 g/mol. The van der Waals surface area contributed by atoms with Crippen molar-refractivity contribution in [1.29, 1.82) is 0 Å². The van der Waals surface area contributed by atoms with E-state index < -0.39 is 0 Å². The van der Waals surface area contributed by atoms with Gasteiger partial charge in [0.15, 0.2) is 0 Å². The number of azide groups is 1. The second kappa shape index (κ2) is 7.09. The molecule has 1 aromatic rings. The summed E-state index contributed by atoms with van der Waals surface area (Å²) < 4.78 is 0. The maximum Gasteiger partial charge on any atom is 0.216 e. The molecule has 0 saturated carbocycles. The highest BCUT2D eigenvalue weighted by Gasteiger charge is 2.01. The minimum absolute atomic E-state index is 0.142. The zero-order valence-corrected chi connectivity index (χ0v) is 9.58. The molecule has 17 heavy (non-hydrogen) atoms. The summed E-state index contributed by atoms with van der Waals surface area (Å²) in [6.45, 7) is 1.73. The fraction of sp³-hybridized carbons (Fsp3) is 0.250. The Labute approximate surface area is 99.8 Å². The zero-order chi connectivity index (χ0) is 12.5. The Balaban J connectivity index is 2.63. The van der Waals surface area contributed by atoms with E-state index in [1.54, 1.807) is 6.08 Å². The standard InChI is InChI=1S/C12H14N4O/c1-10(17)14-9-12(15-16-13)8-7-11-5-3-2-4-6-11/h2-8,12H,9H2,1H3,(H,14,17)/b8-7+/t12-/m1/s1. The van der Waals surface area contributed by atoms with E-state index in [0.717, 1.165) is 5.56 Å². The molecule has 0 bridgehead atoms. The molecule has 1 atom stereocenters. The van der Waals surface area contributed by atoms with Gasteiger partial charge in [0.2, 0.25) is 5.91 Å². The SMILES string of the molecule is CC(=O)NC[C@@H](/C=C/c1ccccc1)N=[N+]=[N-]. The first kappa shape index (κ1) is 12.8. The normalized spacial score (nSPS) is 11.8. The van der Waals surface area contributed by atoms with Crippen LogP contribution in [0.25, 0.3) is 16.5 Å². The van der Waals surface area contributed by atoms with Crippen LogP contribution in [0, 0.1) is 0 Å². The van der Waals surface area contributed by atoms with Crippen molar-refractivity contribution in [2.45, 2.75) is 13.0 Å². The Hall–Kier alpha value is -2.26. The van der Waals surface area contributed by atoms with Gasteiger partial charge in [-0.1, -0.05) is 47.6 Å². The van der Waals surface area contributed by atoms with E-state index >= 15 is 0 Å². The van der Waals surface area contributed by atoms with Gasteiger partial charge >= 0.3 is 0 Å². The number of benzene rings is 1. The Kier molecular flexibility index (Phi) is 5.34. The first-order chi connectivity index (χ1) is 8.22. The maximum atomic E-state index is 10.8. The molecular formula is C12H14N4O. The number of hydrogen-bond acceptors (Lipinski definition) is 2. The molecule has 0 spiro atoms. The average molecular weight is 230 g/mol. The lowest BCUT2D eigenvalue weighted by Gasteiger charge is -2.06. The largest absolute Gasteiger partial charge is 0.356 e. The summed E-state index contributed by atoms with van der Waals surface area (Å²) in [5.41, 5.74) is 9.43. The van der Waals surface area contributed by atoms with Gasteiger partial charge in [-0.25, -0.2) is 0 Å². The molecule has 5 heteroatoms. The number of nitrogens with zero attached hydrogens (tertiary/aromatic N) is 3. The average Bonchev–Trinajstić information content (AvgIpc) is 2.34.